The van der Waals surface area contributed by atoms with Crippen LogP contribution in [0.1, 0.15) is 21.1 Å². The van der Waals surface area contributed by atoms with E-state index in [1.165, 1.54) is 12.1 Å². The molecule has 1 N–H and O–H groups in total. The van der Waals surface area contributed by atoms with Crippen LogP contribution >= 0.6 is 11.3 Å². The maximum absolute atomic E-state index is 13.2. The minimum absolute atomic E-state index is 0.324. The van der Waals surface area contributed by atoms with Gasteiger partial charge in [-0.15, -0.1) is 11.3 Å². The molecule has 0 fully saturated rings. The number of aryl methyl sites for hydroxylation is 1. The number of anilines is 1. The molecule has 0 spiro atoms. The van der Waals surface area contributed by atoms with Gasteiger partial charge in [-0.1, -0.05) is 12.1 Å². The van der Waals surface area contributed by atoms with E-state index in [2.05, 4.69) is 10.3 Å². The van der Waals surface area contributed by atoms with Crippen LogP contribution in [0.4, 0.5) is 10.1 Å². The van der Waals surface area contributed by atoms with Crippen LogP contribution in [-0.4, -0.2) is 10.9 Å². The third-order valence-corrected chi connectivity index (χ3v) is 4.05. The molecule has 4 nitrogen and oxygen atoms in total. The summed E-state index contributed by atoms with van der Waals surface area (Å²) in [7, 11) is 0. The van der Waals surface area contributed by atoms with E-state index < -0.39 is 5.82 Å². The lowest BCUT2D eigenvalue weighted by Crippen LogP contribution is -2.12. The van der Waals surface area contributed by atoms with E-state index in [4.69, 9.17) is 4.74 Å². The van der Waals surface area contributed by atoms with Crippen LogP contribution in [0.25, 0.3) is 0 Å². The van der Waals surface area contributed by atoms with Crippen molar-refractivity contribution >= 4 is 22.9 Å². The molecule has 0 radical (unpaired) electrons. The number of aromatic nitrogens is 1. The van der Waals surface area contributed by atoms with Crippen LogP contribution in [-0.2, 0) is 6.61 Å². The monoisotopic (exact) mass is 342 g/mol. The number of ether oxygens (including phenoxy) is 1. The number of benzene rings is 2. The van der Waals surface area contributed by atoms with Gasteiger partial charge < -0.3 is 10.1 Å². The van der Waals surface area contributed by atoms with Gasteiger partial charge in [-0.3, -0.25) is 4.79 Å². The molecule has 3 aromatic rings. The Morgan fingerprint density at radius 2 is 2.08 bits per heavy atom. The Balaban J connectivity index is 1.66. The molecule has 24 heavy (non-hydrogen) atoms. The number of thiazole rings is 1. The molecule has 1 aromatic heterocycles. The number of nitrogens with zero attached hydrogens (tertiary/aromatic N) is 1. The highest BCUT2D eigenvalue weighted by Crippen LogP contribution is 2.18. The number of amides is 1. The zero-order valence-corrected chi connectivity index (χ0v) is 13.8. The zero-order chi connectivity index (χ0) is 16.9. The quantitative estimate of drug-likeness (QED) is 0.747. The first kappa shape index (κ1) is 16.1. The largest absolute Gasteiger partial charge is 0.487 e. The SMILES string of the molecule is Cc1nc(COc2cccc(C(=O)Nc3cccc(F)c3)c2)cs1. The van der Waals surface area contributed by atoms with Crippen molar-refractivity contribution in [3.8, 4) is 5.75 Å². The van der Waals surface area contributed by atoms with E-state index in [1.54, 1.807) is 47.7 Å². The predicted octanol–water partition coefficient (Wildman–Crippen LogP) is 4.42. The van der Waals surface area contributed by atoms with Crippen molar-refractivity contribution in [3.63, 3.8) is 0 Å². The van der Waals surface area contributed by atoms with Crippen molar-refractivity contribution in [2.24, 2.45) is 0 Å². The Morgan fingerprint density at radius 3 is 2.83 bits per heavy atom. The zero-order valence-electron chi connectivity index (χ0n) is 13.0. The highest BCUT2D eigenvalue weighted by atomic mass is 32.1. The molecule has 0 bridgehead atoms. The number of rotatable bonds is 5. The van der Waals surface area contributed by atoms with Crippen molar-refractivity contribution in [2.75, 3.05) is 5.32 Å². The van der Waals surface area contributed by atoms with Gasteiger partial charge in [-0.25, -0.2) is 9.37 Å². The molecule has 6 heteroatoms. The second-order valence-corrected chi connectivity index (χ2v) is 6.20. The molecule has 1 amide bonds. The van der Waals surface area contributed by atoms with Crippen LogP contribution in [0.5, 0.6) is 5.75 Å². The van der Waals surface area contributed by atoms with Gasteiger partial charge in [0, 0.05) is 16.6 Å². The lowest BCUT2D eigenvalue weighted by atomic mass is 10.2. The minimum atomic E-state index is -0.400. The fourth-order valence-electron chi connectivity index (χ4n) is 2.13. The molecule has 0 aliphatic carbocycles. The van der Waals surface area contributed by atoms with Crippen molar-refractivity contribution in [2.45, 2.75) is 13.5 Å². The fraction of sp³-hybridized carbons (Fsp3) is 0.111. The molecule has 0 saturated heterocycles. The summed E-state index contributed by atoms with van der Waals surface area (Å²) in [4.78, 5) is 16.6. The number of carbonyl (C=O) groups is 1. The summed E-state index contributed by atoms with van der Waals surface area (Å²) < 4.78 is 18.8. The number of hydrogen-bond acceptors (Lipinski definition) is 4. The standard InChI is InChI=1S/C18H15FN2O2S/c1-12-20-16(11-24-12)10-23-17-7-2-4-13(8-17)18(22)21-15-6-3-5-14(19)9-15/h2-9,11H,10H2,1H3,(H,21,22). The van der Waals surface area contributed by atoms with Crippen LogP contribution in [0.3, 0.4) is 0 Å². The summed E-state index contributed by atoms with van der Waals surface area (Å²) in [5, 5.41) is 5.58. The molecule has 0 aliphatic heterocycles. The molecular formula is C18H15FN2O2S. The van der Waals surface area contributed by atoms with Crippen LogP contribution in [0.15, 0.2) is 53.9 Å². The summed E-state index contributed by atoms with van der Waals surface area (Å²) in [6, 6.07) is 12.6. The van der Waals surface area contributed by atoms with Gasteiger partial charge in [0.05, 0.1) is 10.7 Å². The van der Waals surface area contributed by atoms with Crippen molar-refractivity contribution < 1.29 is 13.9 Å². The first-order chi connectivity index (χ1) is 11.6. The van der Waals surface area contributed by atoms with Crippen LogP contribution < -0.4 is 10.1 Å². The predicted molar refractivity (Wildman–Crippen MR) is 92.0 cm³/mol. The smallest absolute Gasteiger partial charge is 0.255 e. The molecule has 1 heterocycles. The van der Waals surface area contributed by atoms with Gasteiger partial charge in [0.1, 0.15) is 18.2 Å². The third-order valence-electron chi connectivity index (χ3n) is 3.23. The van der Waals surface area contributed by atoms with Gasteiger partial charge in [0.25, 0.3) is 5.91 Å². The van der Waals surface area contributed by atoms with Crippen molar-refractivity contribution in [3.05, 3.63) is 76.0 Å². The fourth-order valence-corrected chi connectivity index (χ4v) is 2.73. The van der Waals surface area contributed by atoms with Crippen LogP contribution in [0.2, 0.25) is 0 Å². The summed E-state index contributed by atoms with van der Waals surface area (Å²) in [6.45, 7) is 2.28. The Kier molecular flexibility index (Phi) is 4.86. The Hall–Kier alpha value is -2.73. The first-order valence-electron chi connectivity index (χ1n) is 7.31. The van der Waals surface area contributed by atoms with Crippen molar-refractivity contribution in [1.29, 1.82) is 0 Å². The minimum Gasteiger partial charge on any atom is -0.487 e. The molecule has 3 rings (SSSR count). The average molecular weight is 342 g/mol. The number of carbonyl (C=O) groups excluding carboxylic acids is 1. The maximum Gasteiger partial charge on any atom is 0.255 e. The molecular weight excluding hydrogens is 327 g/mol. The second kappa shape index (κ2) is 7.23. The highest BCUT2D eigenvalue weighted by molar-refractivity contribution is 7.09. The highest BCUT2D eigenvalue weighted by Gasteiger charge is 2.08. The second-order valence-electron chi connectivity index (χ2n) is 5.14. The molecule has 0 atom stereocenters. The normalized spacial score (nSPS) is 10.4. The molecule has 2 aromatic carbocycles. The van der Waals surface area contributed by atoms with E-state index in [9.17, 15) is 9.18 Å². The lowest BCUT2D eigenvalue weighted by Gasteiger charge is -2.08. The Labute approximate surface area is 142 Å². The maximum atomic E-state index is 13.2. The molecule has 0 unspecified atom stereocenters. The van der Waals surface area contributed by atoms with Gasteiger partial charge >= 0.3 is 0 Å². The van der Waals surface area contributed by atoms with E-state index in [-0.39, 0.29) is 5.91 Å². The van der Waals surface area contributed by atoms with E-state index in [1.807, 2.05) is 12.3 Å². The van der Waals surface area contributed by atoms with E-state index in [0.29, 0.717) is 23.6 Å². The van der Waals surface area contributed by atoms with E-state index in [0.717, 1.165) is 10.7 Å². The van der Waals surface area contributed by atoms with E-state index >= 15 is 0 Å². The summed E-state index contributed by atoms with van der Waals surface area (Å²) in [5.41, 5.74) is 1.70. The summed E-state index contributed by atoms with van der Waals surface area (Å²) in [6.07, 6.45) is 0. The van der Waals surface area contributed by atoms with Gasteiger partial charge in [0.2, 0.25) is 0 Å². The molecule has 122 valence electrons. The average Bonchev–Trinajstić information content (AvgIpc) is 2.99. The van der Waals surface area contributed by atoms with Crippen LogP contribution in [0, 0.1) is 12.7 Å². The van der Waals surface area contributed by atoms with Gasteiger partial charge in [-0.2, -0.15) is 0 Å². The molecule has 0 saturated carbocycles. The Morgan fingerprint density at radius 1 is 1.25 bits per heavy atom. The lowest BCUT2D eigenvalue weighted by molar-refractivity contribution is 0.102. The van der Waals surface area contributed by atoms with Gasteiger partial charge in [0.15, 0.2) is 0 Å². The molecule has 0 aliphatic rings. The van der Waals surface area contributed by atoms with Crippen molar-refractivity contribution in [1.82, 2.24) is 4.98 Å². The number of halogens is 1. The number of nitrogens with one attached hydrogen (secondary N) is 1. The summed E-state index contributed by atoms with van der Waals surface area (Å²) in [5.74, 6) is -0.147. The Bertz CT molecular complexity index is 863. The first-order valence-corrected chi connectivity index (χ1v) is 8.19. The topological polar surface area (TPSA) is 51.2 Å². The number of hydrogen-bond donors (Lipinski definition) is 1. The van der Waals surface area contributed by atoms with Gasteiger partial charge in [-0.05, 0) is 43.3 Å². The third kappa shape index (κ3) is 4.17. The summed E-state index contributed by atoms with van der Waals surface area (Å²) >= 11 is 1.56.